The van der Waals surface area contributed by atoms with E-state index in [2.05, 4.69) is 32.3 Å². The van der Waals surface area contributed by atoms with Crippen LogP contribution in [-0.4, -0.2) is 12.8 Å². The van der Waals surface area contributed by atoms with Crippen LogP contribution in [0.5, 0.6) is 0 Å². The fourth-order valence-electron chi connectivity index (χ4n) is 1.15. The van der Waals surface area contributed by atoms with Gasteiger partial charge in [0.1, 0.15) is 0 Å². The van der Waals surface area contributed by atoms with E-state index < -0.39 is 0 Å². The van der Waals surface area contributed by atoms with Crippen molar-refractivity contribution in [3.8, 4) is 0 Å². The molecule has 0 radical (unpaired) electrons. The Hall–Kier alpha value is -0.850. The van der Waals surface area contributed by atoms with E-state index in [0.717, 1.165) is 5.71 Å². The maximum atomic E-state index is 4.21. The number of hydrogen-bond acceptors (Lipinski definition) is 1. The molecule has 0 rings (SSSR count). The largest absolute Gasteiger partial charge is 0.293 e. The van der Waals surface area contributed by atoms with Gasteiger partial charge in [-0.25, -0.2) is 0 Å². The van der Waals surface area contributed by atoms with Crippen molar-refractivity contribution in [1.82, 2.24) is 0 Å². The van der Waals surface area contributed by atoms with Crippen LogP contribution in [0, 0.1) is 5.92 Å². The van der Waals surface area contributed by atoms with Crippen molar-refractivity contribution in [1.29, 1.82) is 0 Å². The molecule has 1 heteroatoms. The van der Waals surface area contributed by atoms with Gasteiger partial charge in [0.15, 0.2) is 0 Å². The van der Waals surface area contributed by atoms with E-state index in [4.69, 9.17) is 0 Å². The summed E-state index contributed by atoms with van der Waals surface area (Å²) in [5.74, 6) is 0.496. The molecule has 0 heterocycles. The number of nitrogens with zero attached hydrogens (tertiary/aromatic N) is 1. The Morgan fingerprint density at radius 2 is 2.00 bits per heavy atom. The normalized spacial score (nSPS) is 13.9. The molecule has 0 aromatic carbocycles. The average molecular weight is 151 g/mol. The summed E-state index contributed by atoms with van der Waals surface area (Å²) in [6.45, 7) is 9.99. The number of aliphatic imine (C=N–C) groups is 1. The lowest BCUT2D eigenvalue weighted by atomic mass is 10.0. The molecule has 0 spiro atoms. The number of hydrogen-bond donors (Lipinski definition) is 0. The van der Waals surface area contributed by atoms with Crippen molar-refractivity contribution >= 4 is 5.71 Å². The summed E-state index contributed by atoms with van der Waals surface area (Å²) < 4.78 is 0. The molecule has 0 atom stereocenters. The third-order valence-corrected chi connectivity index (χ3v) is 1.56. The van der Waals surface area contributed by atoms with Gasteiger partial charge in [-0.15, -0.1) is 0 Å². The molecule has 0 bridgehead atoms. The fourth-order valence-corrected chi connectivity index (χ4v) is 1.15. The third kappa shape index (κ3) is 3.17. The van der Waals surface area contributed by atoms with Crippen LogP contribution >= 0.6 is 0 Å². The van der Waals surface area contributed by atoms with E-state index in [0.29, 0.717) is 5.92 Å². The van der Waals surface area contributed by atoms with Gasteiger partial charge >= 0.3 is 0 Å². The van der Waals surface area contributed by atoms with Gasteiger partial charge in [0.2, 0.25) is 0 Å². The van der Waals surface area contributed by atoms with E-state index in [1.165, 1.54) is 5.57 Å². The van der Waals surface area contributed by atoms with Crippen molar-refractivity contribution < 1.29 is 0 Å². The highest BCUT2D eigenvalue weighted by Gasteiger charge is 2.04. The zero-order valence-corrected chi connectivity index (χ0v) is 7.89. The predicted molar refractivity (Wildman–Crippen MR) is 52.2 cm³/mol. The summed E-state index contributed by atoms with van der Waals surface area (Å²) >= 11 is 0. The van der Waals surface area contributed by atoms with Crippen LogP contribution in [0.25, 0.3) is 0 Å². The van der Waals surface area contributed by atoms with E-state index in [-0.39, 0.29) is 0 Å². The highest BCUT2D eigenvalue weighted by Crippen LogP contribution is 2.06. The van der Waals surface area contributed by atoms with Crippen molar-refractivity contribution in [2.75, 3.05) is 7.05 Å². The van der Waals surface area contributed by atoms with Crippen LogP contribution in [0.3, 0.4) is 0 Å². The molecule has 0 aromatic heterocycles. The van der Waals surface area contributed by atoms with Crippen LogP contribution in [-0.2, 0) is 0 Å². The summed E-state index contributed by atoms with van der Waals surface area (Å²) in [7, 11) is 1.83. The van der Waals surface area contributed by atoms with Crippen LogP contribution < -0.4 is 0 Å². The second kappa shape index (κ2) is 4.89. The standard InChI is InChI=1S/C10H17N/c1-6-7-9(4)10(11-5)8(2)3/h6-8H,1H2,2-5H3/b9-7-,11-10-. The molecular formula is C10H17N. The Kier molecular flexibility index (Phi) is 4.51. The van der Waals surface area contributed by atoms with Crippen LogP contribution in [0.4, 0.5) is 0 Å². The summed E-state index contributed by atoms with van der Waals surface area (Å²) in [4.78, 5) is 4.21. The zero-order valence-electron chi connectivity index (χ0n) is 7.89. The summed E-state index contributed by atoms with van der Waals surface area (Å²) in [6, 6.07) is 0. The maximum absolute atomic E-state index is 4.21. The lowest BCUT2D eigenvalue weighted by Crippen LogP contribution is -2.08. The minimum absolute atomic E-state index is 0.496. The smallest absolute Gasteiger partial charge is 0.0399 e. The first-order valence-corrected chi connectivity index (χ1v) is 3.89. The quantitative estimate of drug-likeness (QED) is 0.434. The van der Waals surface area contributed by atoms with Gasteiger partial charge in [0, 0.05) is 12.8 Å². The van der Waals surface area contributed by atoms with Gasteiger partial charge in [-0.3, -0.25) is 4.99 Å². The molecule has 0 fully saturated rings. The van der Waals surface area contributed by atoms with Crippen molar-refractivity contribution in [2.24, 2.45) is 10.9 Å². The maximum Gasteiger partial charge on any atom is 0.0399 e. The topological polar surface area (TPSA) is 12.4 Å². The van der Waals surface area contributed by atoms with Crippen molar-refractivity contribution in [2.45, 2.75) is 20.8 Å². The minimum atomic E-state index is 0.496. The van der Waals surface area contributed by atoms with E-state index in [1.807, 2.05) is 13.1 Å². The second-order valence-corrected chi connectivity index (χ2v) is 2.85. The molecule has 0 saturated heterocycles. The molecule has 62 valence electrons. The first kappa shape index (κ1) is 10.2. The van der Waals surface area contributed by atoms with Gasteiger partial charge in [0.05, 0.1) is 0 Å². The minimum Gasteiger partial charge on any atom is -0.293 e. The monoisotopic (exact) mass is 151 g/mol. The fraction of sp³-hybridized carbons (Fsp3) is 0.500. The van der Waals surface area contributed by atoms with Crippen LogP contribution in [0.1, 0.15) is 20.8 Å². The molecule has 0 N–H and O–H groups in total. The number of rotatable bonds is 3. The summed E-state index contributed by atoms with van der Waals surface area (Å²) in [6.07, 6.45) is 3.78. The van der Waals surface area contributed by atoms with E-state index in [1.54, 1.807) is 6.08 Å². The molecule has 0 aromatic rings. The molecule has 0 unspecified atom stereocenters. The predicted octanol–water partition coefficient (Wildman–Crippen LogP) is 2.85. The Morgan fingerprint density at radius 3 is 2.27 bits per heavy atom. The summed E-state index contributed by atoms with van der Waals surface area (Å²) in [5, 5.41) is 0. The molecule has 0 amide bonds. The van der Waals surface area contributed by atoms with Gasteiger partial charge in [-0.1, -0.05) is 32.6 Å². The first-order chi connectivity index (χ1) is 5.13. The van der Waals surface area contributed by atoms with Gasteiger partial charge < -0.3 is 0 Å². The van der Waals surface area contributed by atoms with Crippen LogP contribution in [0.15, 0.2) is 29.3 Å². The lowest BCUT2D eigenvalue weighted by molar-refractivity contribution is 0.879. The molecule has 0 aliphatic carbocycles. The Bertz CT molecular complexity index is 185. The Labute approximate surface area is 69.5 Å². The second-order valence-electron chi connectivity index (χ2n) is 2.85. The molecule has 0 aliphatic rings. The molecule has 0 saturated carbocycles. The molecule has 0 aliphatic heterocycles. The highest BCUT2D eigenvalue weighted by molar-refractivity contribution is 6.01. The van der Waals surface area contributed by atoms with E-state index >= 15 is 0 Å². The average Bonchev–Trinajstić information content (AvgIpc) is 1.88. The first-order valence-electron chi connectivity index (χ1n) is 3.89. The van der Waals surface area contributed by atoms with Crippen LogP contribution in [0.2, 0.25) is 0 Å². The van der Waals surface area contributed by atoms with Crippen molar-refractivity contribution in [3.63, 3.8) is 0 Å². The zero-order chi connectivity index (χ0) is 8.85. The van der Waals surface area contributed by atoms with Gasteiger partial charge in [-0.2, -0.15) is 0 Å². The lowest BCUT2D eigenvalue weighted by Gasteiger charge is -2.08. The molecule has 1 nitrogen and oxygen atoms in total. The van der Waals surface area contributed by atoms with Gasteiger partial charge in [0.25, 0.3) is 0 Å². The van der Waals surface area contributed by atoms with Crippen molar-refractivity contribution in [3.05, 3.63) is 24.3 Å². The molecular weight excluding hydrogens is 134 g/mol. The Morgan fingerprint density at radius 1 is 1.45 bits per heavy atom. The SMILES string of the molecule is C=C/C=C(C)\C(=N/C)C(C)C. The Balaban J connectivity index is 4.53. The van der Waals surface area contributed by atoms with E-state index in [9.17, 15) is 0 Å². The van der Waals surface area contributed by atoms with Gasteiger partial charge in [-0.05, 0) is 18.4 Å². The summed E-state index contributed by atoms with van der Waals surface area (Å²) in [5.41, 5.74) is 2.36. The highest BCUT2D eigenvalue weighted by atomic mass is 14.7. The molecule has 11 heavy (non-hydrogen) atoms. The third-order valence-electron chi connectivity index (χ3n) is 1.56. The number of allylic oxidation sites excluding steroid dienone is 3.